The Kier molecular flexibility index (Phi) is 5.11. The fraction of sp³-hybridized carbons (Fsp3) is 0.800. The summed E-state index contributed by atoms with van der Waals surface area (Å²) >= 11 is 1.58. The summed E-state index contributed by atoms with van der Waals surface area (Å²) in [5, 5.41) is 0.975. The van der Waals surface area contributed by atoms with Crippen LogP contribution >= 0.6 is 11.8 Å². The number of nitrogens with zero attached hydrogens (tertiary/aromatic N) is 2. The van der Waals surface area contributed by atoms with Crippen molar-refractivity contribution < 1.29 is 23.8 Å². The van der Waals surface area contributed by atoms with E-state index in [1.54, 1.807) is 11.8 Å². The van der Waals surface area contributed by atoms with Gasteiger partial charge in [0.15, 0.2) is 5.17 Å². The van der Waals surface area contributed by atoms with E-state index in [9.17, 15) is 9.59 Å². The van der Waals surface area contributed by atoms with Crippen LogP contribution in [-0.2, 0) is 23.8 Å². The van der Waals surface area contributed by atoms with Crippen LogP contribution in [0.3, 0.4) is 0 Å². The van der Waals surface area contributed by atoms with E-state index in [-0.39, 0.29) is 42.2 Å². The van der Waals surface area contributed by atoms with E-state index in [2.05, 4.69) is 4.90 Å². The highest BCUT2D eigenvalue weighted by atomic mass is 32.2. The number of hydrogen-bond acceptors (Lipinski definition) is 8. The molecule has 0 radical (unpaired) electrons. The number of rotatable bonds is 3. The molecule has 0 aromatic rings. The van der Waals surface area contributed by atoms with Gasteiger partial charge in [-0.05, 0) is 12.8 Å². The number of esters is 2. The zero-order valence-electron chi connectivity index (χ0n) is 13.4. The first-order chi connectivity index (χ1) is 11.0. The van der Waals surface area contributed by atoms with Gasteiger partial charge in [0.2, 0.25) is 0 Å². The molecule has 0 unspecified atom stereocenters. The molecule has 4 atom stereocenters. The van der Waals surface area contributed by atoms with Crippen LogP contribution in [0.15, 0.2) is 4.99 Å². The van der Waals surface area contributed by atoms with E-state index in [0.29, 0.717) is 6.42 Å². The van der Waals surface area contributed by atoms with Crippen LogP contribution in [0.4, 0.5) is 0 Å². The van der Waals surface area contributed by atoms with Crippen molar-refractivity contribution in [2.24, 2.45) is 4.99 Å². The minimum Gasteiger partial charge on any atom is -0.463 e. The molecule has 8 heteroatoms. The molecule has 128 valence electrons. The summed E-state index contributed by atoms with van der Waals surface area (Å²) in [6.45, 7) is 4.98. The number of thioether (sulfide) groups is 1. The Labute approximate surface area is 139 Å². The van der Waals surface area contributed by atoms with Crippen LogP contribution < -0.4 is 0 Å². The molecule has 3 aliphatic rings. The highest BCUT2D eigenvalue weighted by Crippen LogP contribution is 2.39. The summed E-state index contributed by atoms with van der Waals surface area (Å²) in [7, 11) is 0. The number of hydrogen-bond donors (Lipinski definition) is 0. The summed E-state index contributed by atoms with van der Waals surface area (Å²) in [5.74, 6) is -0.662. The topological polar surface area (TPSA) is 77.4 Å². The average molecular weight is 342 g/mol. The molecule has 0 amide bonds. The number of amidine groups is 1. The Bertz CT molecular complexity index is 506. The summed E-state index contributed by atoms with van der Waals surface area (Å²) in [6.07, 6.45) is 2.24. The number of aliphatic imine (C=N–C) groups is 1. The second kappa shape index (κ2) is 7.09. The van der Waals surface area contributed by atoms with Gasteiger partial charge in [-0.15, -0.1) is 0 Å². The van der Waals surface area contributed by atoms with Crippen molar-refractivity contribution in [2.45, 2.75) is 56.8 Å². The van der Waals surface area contributed by atoms with Crippen molar-refractivity contribution in [3.63, 3.8) is 0 Å². The summed E-state index contributed by atoms with van der Waals surface area (Å²) < 4.78 is 16.5. The van der Waals surface area contributed by atoms with Gasteiger partial charge in [-0.1, -0.05) is 11.8 Å². The van der Waals surface area contributed by atoms with Gasteiger partial charge >= 0.3 is 11.9 Å². The first-order valence-electron chi connectivity index (χ1n) is 7.98. The van der Waals surface area contributed by atoms with Gasteiger partial charge in [0.25, 0.3) is 0 Å². The third kappa shape index (κ3) is 3.98. The van der Waals surface area contributed by atoms with E-state index in [1.807, 2.05) is 0 Å². The number of ether oxygens (including phenoxy) is 3. The molecule has 0 N–H and O–H groups in total. The Hall–Kier alpha value is -1.28. The van der Waals surface area contributed by atoms with Crippen molar-refractivity contribution in [1.82, 2.24) is 4.90 Å². The Morgan fingerprint density at radius 3 is 2.70 bits per heavy atom. The van der Waals surface area contributed by atoms with Crippen LogP contribution in [0.25, 0.3) is 0 Å². The Morgan fingerprint density at radius 1 is 1.30 bits per heavy atom. The molecule has 0 spiro atoms. The summed E-state index contributed by atoms with van der Waals surface area (Å²) in [5.41, 5.74) is -0.191. The van der Waals surface area contributed by atoms with E-state index in [0.717, 1.165) is 18.3 Å². The zero-order chi connectivity index (χ0) is 16.4. The molecule has 3 rings (SSSR count). The number of fused-ring (bicyclic) bond motifs is 1. The number of carbonyl (C=O) groups excluding carboxylic acids is 2. The van der Waals surface area contributed by atoms with Gasteiger partial charge in [0.05, 0.1) is 6.10 Å². The van der Waals surface area contributed by atoms with Crippen molar-refractivity contribution in [3.05, 3.63) is 0 Å². The molecule has 7 nitrogen and oxygen atoms in total. The lowest BCUT2D eigenvalue weighted by Crippen LogP contribution is -2.47. The molecule has 0 aromatic carbocycles. The summed E-state index contributed by atoms with van der Waals surface area (Å²) in [4.78, 5) is 29.4. The molecular formula is C15H22N2O5S. The SMILES string of the molecule is CC(=O)OC[C@@H]1C[C@H](OC(C)=O)[C@H]2N=C(N3CCCC3)S[C@H]2O1. The molecule has 0 saturated carbocycles. The quantitative estimate of drug-likeness (QED) is 0.712. The second-order valence-corrected chi connectivity index (χ2v) is 7.09. The largest absolute Gasteiger partial charge is 0.463 e. The Balaban J connectivity index is 1.69. The second-order valence-electron chi connectivity index (χ2n) is 6.03. The molecule has 3 aliphatic heterocycles. The van der Waals surface area contributed by atoms with Crippen molar-refractivity contribution in [3.8, 4) is 0 Å². The molecule has 0 bridgehead atoms. The number of likely N-dealkylation sites (tertiary alicyclic amines) is 1. The predicted octanol–water partition coefficient (Wildman–Crippen LogP) is 1.16. The Morgan fingerprint density at radius 2 is 2.04 bits per heavy atom. The van der Waals surface area contributed by atoms with Gasteiger partial charge in [0.1, 0.15) is 24.2 Å². The van der Waals surface area contributed by atoms with E-state index >= 15 is 0 Å². The van der Waals surface area contributed by atoms with Crippen molar-refractivity contribution in [1.29, 1.82) is 0 Å². The van der Waals surface area contributed by atoms with Gasteiger partial charge < -0.3 is 19.1 Å². The minimum atomic E-state index is -0.340. The maximum atomic E-state index is 11.4. The van der Waals surface area contributed by atoms with Crippen LogP contribution in [0.5, 0.6) is 0 Å². The minimum absolute atomic E-state index is 0.177. The molecule has 3 heterocycles. The zero-order valence-corrected chi connectivity index (χ0v) is 14.2. The van der Waals surface area contributed by atoms with Gasteiger partial charge in [-0.2, -0.15) is 0 Å². The van der Waals surface area contributed by atoms with E-state index in [4.69, 9.17) is 19.2 Å². The lowest BCUT2D eigenvalue weighted by Gasteiger charge is -2.35. The third-order valence-corrected chi connectivity index (χ3v) is 5.33. The van der Waals surface area contributed by atoms with E-state index in [1.165, 1.54) is 26.7 Å². The normalized spacial score (nSPS) is 33.1. The number of carbonyl (C=O) groups is 2. The maximum absolute atomic E-state index is 11.4. The molecule has 2 fully saturated rings. The summed E-state index contributed by atoms with van der Waals surface area (Å²) in [6, 6.07) is -0.187. The first-order valence-corrected chi connectivity index (χ1v) is 8.86. The molecular weight excluding hydrogens is 320 g/mol. The third-order valence-electron chi connectivity index (χ3n) is 4.13. The molecule has 0 aromatic heterocycles. The van der Waals surface area contributed by atoms with Gasteiger partial charge in [-0.3, -0.25) is 14.6 Å². The highest BCUT2D eigenvalue weighted by Gasteiger charge is 2.46. The lowest BCUT2D eigenvalue weighted by atomic mass is 10.0. The van der Waals surface area contributed by atoms with Crippen molar-refractivity contribution >= 4 is 28.9 Å². The maximum Gasteiger partial charge on any atom is 0.302 e. The lowest BCUT2D eigenvalue weighted by molar-refractivity contribution is -0.164. The van der Waals surface area contributed by atoms with Gasteiger partial charge in [0, 0.05) is 33.4 Å². The molecule has 2 saturated heterocycles. The predicted molar refractivity (Wildman–Crippen MR) is 85.1 cm³/mol. The monoisotopic (exact) mass is 342 g/mol. The van der Waals surface area contributed by atoms with Crippen LogP contribution in [-0.4, -0.2) is 65.4 Å². The molecule has 23 heavy (non-hydrogen) atoms. The first kappa shape index (κ1) is 16.6. The van der Waals surface area contributed by atoms with E-state index < -0.39 is 0 Å². The highest BCUT2D eigenvalue weighted by molar-refractivity contribution is 8.14. The fourth-order valence-corrected chi connectivity index (χ4v) is 4.43. The van der Waals surface area contributed by atoms with Crippen LogP contribution in [0, 0.1) is 0 Å². The smallest absolute Gasteiger partial charge is 0.302 e. The average Bonchev–Trinajstić information content (AvgIpc) is 3.13. The fourth-order valence-electron chi connectivity index (χ4n) is 3.12. The standard InChI is InChI=1S/C15H22N2O5S/c1-9(18)20-8-11-7-12(21-10(2)19)13-14(22-11)23-15(16-13)17-5-3-4-6-17/h11-14H,3-8H2,1-2H3/t11-,12-,13+,14+/m0/s1. The van der Waals surface area contributed by atoms with Crippen LogP contribution in [0.2, 0.25) is 0 Å². The van der Waals surface area contributed by atoms with Crippen LogP contribution in [0.1, 0.15) is 33.1 Å². The molecule has 0 aliphatic carbocycles. The van der Waals surface area contributed by atoms with Crippen molar-refractivity contribution in [2.75, 3.05) is 19.7 Å². The van der Waals surface area contributed by atoms with Gasteiger partial charge in [-0.25, -0.2) is 0 Å².